The average molecular weight is 341 g/mol. The van der Waals surface area contributed by atoms with Crippen molar-refractivity contribution in [3.63, 3.8) is 0 Å². The highest BCUT2D eigenvalue weighted by molar-refractivity contribution is 6.01. The summed E-state index contributed by atoms with van der Waals surface area (Å²) in [6.45, 7) is 1.16. The number of fused-ring (bicyclic) bond motifs is 3. The molecule has 1 aromatic carbocycles. The summed E-state index contributed by atoms with van der Waals surface area (Å²) in [4.78, 5) is 33.8. The lowest BCUT2D eigenvalue weighted by Gasteiger charge is -2.33. The summed E-state index contributed by atoms with van der Waals surface area (Å²) in [5.41, 5.74) is 1.12. The molecule has 130 valence electrons. The number of aromatic amines is 1. The molecule has 3 heterocycles. The first-order chi connectivity index (χ1) is 12.2. The molecule has 7 heteroatoms. The standard InChI is InChI=1S/C18H19N3O4/c1-24-18(23)12-7-4-5-9-21(12)10-14-19-15-11-6-2-3-8-13(11)25-16(15)17(22)20-14/h2-3,6,8,12H,4-5,7,9-10H2,1H3,(H,19,20,22)/t12-/m0/s1. The maximum atomic E-state index is 12.4. The van der Waals surface area contributed by atoms with Crippen LogP contribution in [0.5, 0.6) is 0 Å². The zero-order valence-corrected chi connectivity index (χ0v) is 13.9. The molecule has 0 unspecified atom stereocenters. The van der Waals surface area contributed by atoms with Gasteiger partial charge in [-0.05, 0) is 31.5 Å². The Morgan fingerprint density at radius 1 is 1.40 bits per heavy atom. The fourth-order valence-corrected chi connectivity index (χ4v) is 3.50. The molecule has 0 radical (unpaired) electrons. The summed E-state index contributed by atoms with van der Waals surface area (Å²) in [7, 11) is 1.40. The number of aromatic nitrogens is 2. The molecular weight excluding hydrogens is 322 g/mol. The van der Waals surface area contributed by atoms with Crippen molar-refractivity contribution in [3.05, 3.63) is 40.4 Å². The number of methoxy groups -OCH3 is 1. The van der Waals surface area contributed by atoms with Gasteiger partial charge in [-0.3, -0.25) is 14.5 Å². The minimum absolute atomic E-state index is 0.230. The number of nitrogens with zero attached hydrogens (tertiary/aromatic N) is 2. The number of hydrogen-bond donors (Lipinski definition) is 1. The van der Waals surface area contributed by atoms with E-state index in [9.17, 15) is 9.59 Å². The minimum Gasteiger partial charge on any atom is -0.468 e. The number of benzene rings is 1. The molecule has 3 aromatic rings. The van der Waals surface area contributed by atoms with Crippen LogP contribution in [0.15, 0.2) is 33.5 Å². The summed E-state index contributed by atoms with van der Waals surface area (Å²) in [5.74, 6) is 0.289. The maximum absolute atomic E-state index is 12.4. The van der Waals surface area contributed by atoms with Gasteiger partial charge in [-0.25, -0.2) is 4.98 Å². The molecule has 1 aliphatic heterocycles. The van der Waals surface area contributed by atoms with Crippen LogP contribution in [0, 0.1) is 0 Å². The van der Waals surface area contributed by atoms with Crippen LogP contribution in [0.1, 0.15) is 25.1 Å². The molecule has 25 heavy (non-hydrogen) atoms. The Hall–Kier alpha value is -2.67. The molecule has 1 saturated heterocycles. The highest BCUT2D eigenvalue weighted by Gasteiger charge is 2.30. The third-order valence-corrected chi connectivity index (χ3v) is 4.72. The molecule has 0 saturated carbocycles. The zero-order chi connectivity index (χ0) is 17.4. The van der Waals surface area contributed by atoms with Gasteiger partial charge in [0.1, 0.15) is 23.0 Å². The number of carbonyl (C=O) groups is 1. The molecular formula is C18H19N3O4. The predicted molar refractivity (Wildman–Crippen MR) is 92.2 cm³/mol. The first-order valence-electron chi connectivity index (χ1n) is 8.39. The van der Waals surface area contributed by atoms with Crippen LogP contribution >= 0.6 is 0 Å². The Labute approximate surface area is 143 Å². The van der Waals surface area contributed by atoms with E-state index in [0.717, 1.165) is 31.2 Å². The van der Waals surface area contributed by atoms with Crippen LogP contribution in [0.3, 0.4) is 0 Å². The summed E-state index contributed by atoms with van der Waals surface area (Å²) in [6, 6.07) is 7.15. The molecule has 0 amide bonds. The number of likely N-dealkylation sites (tertiary alicyclic amines) is 1. The Morgan fingerprint density at radius 2 is 2.24 bits per heavy atom. The monoisotopic (exact) mass is 341 g/mol. The van der Waals surface area contributed by atoms with Crippen molar-refractivity contribution in [2.24, 2.45) is 0 Å². The van der Waals surface area contributed by atoms with Crippen molar-refractivity contribution < 1.29 is 13.9 Å². The van der Waals surface area contributed by atoms with Gasteiger partial charge in [0.05, 0.1) is 13.7 Å². The number of furan rings is 1. The highest BCUT2D eigenvalue weighted by Crippen LogP contribution is 2.25. The number of rotatable bonds is 3. The molecule has 1 N–H and O–H groups in total. The van der Waals surface area contributed by atoms with Crippen molar-refractivity contribution in [1.29, 1.82) is 0 Å². The summed E-state index contributed by atoms with van der Waals surface area (Å²) in [6.07, 6.45) is 2.76. The molecule has 2 aromatic heterocycles. The molecule has 1 fully saturated rings. The third-order valence-electron chi connectivity index (χ3n) is 4.72. The van der Waals surface area contributed by atoms with Gasteiger partial charge in [-0.1, -0.05) is 18.6 Å². The Balaban J connectivity index is 1.72. The Bertz CT molecular complexity index is 991. The van der Waals surface area contributed by atoms with Crippen LogP contribution in [-0.4, -0.2) is 40.5 Å². The molecule has 0 bridgehead atoms. The second-order valence-corrected chi connectivity index (χ2v) is 6.29. The van der Waals surface area contributed by atoms with E-state index >= 15 is 0 Å². The number of nitrogens with one attached hydrogen (secondary N) is 1. The van der Waals surface area contributed by atoms with E-state index in [-0.39, 0.29) is 23.2 Å². The van der Waals surface area contributed by atoms with Gasteiger partial charge >= 0.3 is 5.97 Å². The maximum Gasteiger partial charge on any atom is 0.323 e. The second kappa shape index (κ2) is 6.33. The molecule has 0 spiro atoms. The number of H-pyrrole nitrogens is 1. The van der Waals surface area contributed by atoms with Crippen molar-refractivity contribution >= 4 is 28.0 Å². The first kappa shape index (κ1) is 15.8. The van der Waals surface area contributed by atoms with Crippen LogP contribution < -0.4 is 5.56 Å². The Morgan fingerprint density at radius 3 is 3.08 bits per heavy atom. The SMILES string of the molecule is COC(=O)[C@@H]1CCCCN1Cc1nc2c(oc3ccccc32)c(=O)[nH]1. The highest BCUT2D eigenvalue weighted by atomic mass is 16.5. The van der Waals surface area contributed by atoms with Gasteiger partial charge in [0.15, 0.2) is 0 Å². The van der Waals surface area contributed by atoms with Crippen molar-refractivity contribution in [2.75, 3.05) is 13.7 Å². The fourth-order valence-electron chi connectivity index (χ4n) is 3.50. The van der Waals surface area contributed by atoms with Gasteiger partial charge in [0.25, 0.3) is 5.56 Å². The van der Waals surface area contributed by atoms with Crippen LogP contribution in [0.4, 0.5) is 0 Å². The molecule has 1 atom stereocenters. The number of ether oxygens (including phenoxy) is 1. The largest absolute Gasteiger partial charge is 0.468 e. The van der Waals surface area contributed by atoms with Gasteiger partial charge in [0.2, 0.25) is 5.58 Å². The smallest absolute Gasteiger partial charge is 0.323 e. The normalized spacial score (nSPS) is 18.7. The second-order valence-electron chi connectivity index (χ2n) is 6.29. The lowest BCUT2D eigenvalue weighted by atomic mass is 10.0. The van der Waals surface area contributed by atoms with Crippen molar-refractivity contribution in [2.45, 2.75) is 31.8 Å². The fraction of sp³-hybridized carbons (Fsp3) is 0.389. The number of hydrogen-bond acceptors (Lipinski definition) is 6. The van der Waals surface area contributed by atoms with E-state index in [0.29, 0.717) is 23.5 Å². The lowest BCUT2D eigenvalue weighted by Crippen LogP contribution is -2.45. The number of para-hydroxylation sites is 1. The van der Waals surface area contributed by atoms with E-state index in [1.165, 1.54) is 7.11 Å². The summed E-state index contributed by atoms with van der Waals surface area (Å²) in [5, 5.41) is 0.813. The molecule has 1 aliphatic rings. The molecule has 4 rings (SSSR count). The summed E-state index contributed by atoms with van der Waals surface area (Å²) < 4.78 is 10.5. The lowest BCUT2D eigenvalue weighted by molar-refractivity contribution is -0.148. The minimum atomic E-state index is -0.303. The van der Waals surface area contributed by atoms with E-state index in [2.05, 4.69) is 9.97 Å². The van der Waals surface area contributed by atoms with Gasteiger partial charge < -0.3 is 14.1 Å². The van der Waals surface area contributed by atoms with E-state index in [1.54, 1.807) is 0 Å². The topological polar surface area (TPSA) is 88.4 Å². The summed E-state index contributed by atoms with van der Waals surface area (Å²) >= 11 is 0. The first-order valence-corrected chi connectivity index (χ1v) is 8.39. The van der Waals surface area contributed by atoms with Crippen LogP contribution in [0.25, 0.3) is 22.1 Å². The number of piperidine rings is 1. The van der Waals surface area contributed by atoms with Crippen LogP contribution in [0.2, 0.25) is 0 Å². The quantitative estimate of drug-likeness (QED) is 0.735. The third kappa shape index (κ3) is 2.80. The van der Waals surface area contributed by atoms with E-state index in [4.69, 9.17) is 9.15 Å². The molecule has 0 aliphatic carbocycles. The van der Waals surface area contributed by atoms with Gasteiger partial charge in [-0.2, -0.15) is 0 Å². The van der Waals surface area contributed by atoms with E-state index in [1.807, 2.05) is 29.2 Å². The number of carbonyl (C=O) groups excluding carboxylic acids is 1. The van der Waals surface area contributed by atoms with Gasteiger partial charge in [0, 0.05) is 5.39 Å². The van der Waals surface area contributed by atoms with Crippen LogP contribution in [-0.2, 0) is 16.1 Å². The molecule has 7 nitrogen and oxygen atoms in total. The van der Waals surface area contributed by atoms with E-state index < -0.39 is 0 Å². The zero-order valence-electron chi connectivity index (χ0n) is 13.9. The van der Waals surface area contributed by atoms with Crippen molar-refractivity contribution in [1.82, 2.24) is 14.9 Å². The van der Waals surface area contributed by atoms with Crippen molar-refractivity contribution in [3.8, 4) is 0 Å². The Kier molecular flexibility index (Phi) is 4.01. The average Bonchev–Trinajstić information content (AvgIpc) is 3.01. The predicted octanol–water partition coefficient (Wildman–Crippen LogP) is 2.20. The van der Waals surface area contributed by atoms with Gasteiger partial charge in [-0.15, -0.1) is 0 Å². The number of esters is 1.